The van der Waals surface area contributed by atoms with Crippen molar-refractivity contribution in [2.45, 2.75) is 13.0 Å². The lowest BCUT2D eigenvalue weighted by Crippen LogP contribution is -2.57. The number of hydrogen-bond donors (Lipinski definition) is 2. The Labute approximate surface area is 101 Å². The van der Waals surface area contributed by atoms with E-state index in [-0.39, 0.29) is 17.4 Å². The lowest BCUT2D eigenvalue weighted by Gasteiger charge is -2.32. The van der Waals surface area contributed by atoms with Crippen LogP contribution in [0.2, 0.25) is 5.02 Å². The van der Waals surface area contributed by atoms with Crippen LogP contribution in [0, 0.1) is 0 Å². The van der Waals surface area contributed by atoms with Crippen LogP contribution in [0.25, 0.3) is 0 Å². The molecule has 17 heavy (non-hydrogen) atoms. The number of halogens is 1. The normalized spacial score (nSPS) is 20.4. The number of amides is 2. The molecule has 1 saturated heterocycles. The molecule has 0 saturated carbocycles. The number of H-pyrrole nitrogens is 1. The molecule has 2 rings (SSSR count). The molecule has 1 fully saturated rings. The van der Waals surface area contributed by atoms with Crippen molar-refractivity contribution in [1.82, 2.24) is 15.3 Å². The molecule has 1 aromatic rings. The van der Waals surface area contributed by atoms with Crippen LogP contribution >= 0.6 is 11.6 Å². The van der Waals surface area contributed by atoms with Crippen molar-refractivity contribution >= 4 is 29.2 Å². The number of piperazine rings is 1. The topological polar surface area (TPSA) is 95.2 Å². The van der Waals surface area contributed by atoms with E-state index in [9.17, 15) is 14.4 Å². The summed E-state index contributed by atoms with van der Waals surface area (Å²) >= 11 is 5.80. The minimum atomic E-state index is -0.612. The number of carbonyl (C=O) groups is 2. The number of hydrogen-bond acceptors (Lipinski definition) is 5. The first kappa shape index (κ1) is 11.6. The van der Waals surface area contributed by atoms with Crippen LogP contribution in [0.3, 0.4) is 0 Å². The fourth-order valence-corrected chi connectivity index (χ4v) is 1.76. The molecule has 0 radical (unpaired) electrons. The van der Waals surface area contributed by atoms with Gasteiger partial charge in [0.15, 0.2) is 5.82 Å². The van der Waals surface area contributed by atoms with Crippen LogP contribution in [0.4, 0.5) is 5.82 Å². The molecule has 1 atom stereocenters. The van der Waals surface area contributed by atoms with Crippen molar-refractivity contribution in [1.29, 1.82) is 0 Å². The second-order valence-electron chi connectivity index (χ2n) is 3.59. The lowest BCUT2D eigenvalue weighted by molar-refractivity contribution is -0.132. The highest BCUT2D eigenvalue weighted by Crippen LogP contribution is 2.21. The third-order valence-electron chi connectivity index (χ3n) is 2.47. The fourth-order valence-electron chi connectivity index (χ4n) is 1.55. The predicted octanol–water partition coefficient (Wildman–Crippen LogP) is -0.725. The van der Waals surface area contributed by atoms with Crippen molar-refractivity contribution in [3.63, 3.8) is 0 Å². The number of nitrogens with zero attached hydrogens (tertiary/aromatic N) is 2. The van der Waals surface area contributed by atoms with Gasteiger partial charge in [-0.1, -0.05) is 11.6 Å². The van der Waals surface area contributed by atoms with Gasteiger partial charge >= 0.3 is 0 Å². The summed E-state index contributed by atoms with van der Waals surface area (Å²) < 4.78 is 0. The van der Waals surface area contributed by atoms with Crippen molar-refractivity contribution in [3.05, 3.63) is 21.7 Å². The Balaban J connectivity index is 2.45. The van der Waals surface area contributed by atoms with Crippen molar-refractivity contribution in [2.75, 3.05) is 11.4 Å². The number of rotatable bonds is 1. The highest BCUT2D eigenvalue weighted by atomic mass is 35.5. The number of carbonyl (C=O) groups excluding carboxylic acids is 2. The van der Waals surface area contributed by atoms with E-state index in [0.29, 0.717) is 0 Å². The van der Waals surface area contributed by atoms with Crippen LogP contribution in [0.1, 0.15) is 6.92 Å². The quantitative estimate of drug-likeness (QED) is 0.646. The number of aromatic nitrogens is 2. The zero-order valence-electron chi connectivity index (χ0n) is 8.86. The smallest absolute Gasteiger partial charge is 0.271 e. The van der Waals surface area contributed by atoms with E-state index >= 15 is 0 Å². The van der Waals surface area contributed by atoms with Crippen molar-refractivity contribution < 1.29 is 9.59 Å². The molecule has 1 aliphatic rings. The zero-order valence-corrected chi connectivity index (χ0v) is 9.61. The number of anilines is 1. The van der Waals surface area contributed by atoms with Gasteiger partial charge in [-0.05, 0) is 6.92 Å². The van der Waals surface area contributed by atoms with E-state index in [2.05, 4.69) is 15.3 Å². The van der Waals surface area contributed by atoms with Gasteiger partial charge in [-0.2, -0.15) is 0 Å². The first-order chi connectivity index (χ1) is 8.00. The molecule has 2 amide bonds. The molecule has 0 aliphatic carbocycles. The van der Waals surface area contributed by atoms with E-state index in [1.54, 1.807) is 6.92 Å². The van der Waals surface area contributed by atoms with E-state index < -0.39 is 23.4 Å². The van der Waals surface area contributed by atoms with Gasteiger partial charge in [-0.25, -0.2) is 4.98 Å². The Morgan fingerprint density at radius 1 is 1.47 bits per heavy atom. The number of nitrogens with one attached hydrogen (secondary N) is 2. The summed E-state index contributed by atoms with van der Waals surface area (Å²) in [6.07, 6.45) is 1.17. The van der Waals surface area contributed by atoms with Gasteiger partial charge in [-0.3, -0.25) is 19.7 Å². The molecule has 2 N–H and O–H groups in total. The monoisotopic (exact) mass is 256 g/mol. The largest absolute Gasteiger partial charge is 0.334 e. The molecule has 0 bridgehead atoms. The van der Waals surface area contributed by atoms with E-state index in [4.69, 9.17) is 11.6 Å². The minimum Gasteiger partial charge on any atom is -0.334 e. The second-order valence-corrected chi connectivity index (χ2v) is 3.96. The van der Waals surface area contributed by atoms with Crippen LogP contribution in [-0.2, 0) is 9.59 Å². The van der Waals surface area contributed by atoms with Gasteiger partial charge in [0.25, 0.3) is 5.56 Å². The first-order valence-corrected chi connectivity index (χ1v) is 5.22. The number of imide groups is 1. The Bertz CT molecular complexity index is 541. The van der Waals surface area contributed by atoms with Crippen LogP contribution < -0.4 is 15.8 Å². The Morgan fingerprint density at radius 2 is 2.18 bits per heavy atom. The van der Waals surface area contributed by atoms with Crippen LogP contribution in [0.15, 0.2) is 11.1 Å². The van der Waals surface area contributed by atoms with Crippen molar-refractivity contribution in [2.24, 2.45) is 0 Å². The fraction of sp³-hybridized carbons (Fsp3) is 0.333. The van der Waals surface area contributed by atoms with Gasteiger partial charge in [0.05, 0.1) is 12.9 Å². The van der Waals surface area contributed by atoms with E-state index in [1.165, 1.54) is 11.2 Å². The predicted molar refractivity (Wildman–Crippen MR) is 59.8 cm³/mol. The maximum Gasteiger partial charge on any atom is 0.271 e. The third kappa shape index (κ3) is 2.01. The van der Waals surface area contributed by atoms with Gasteiger partial charge in [-0.15, -0.1) is 0 Å². The van der Waals surface area contributed by atoms with Crippen LogP contribution in [-0.4, -0.2) is 34.4 Å². The Morgan fingerprint density at radius 3 is 2.88 bits per heavy atom. The van der Waals surface area contributed by atoms with Gasteiger partial charge < -0.3 is 9.88 Å². The third-order valence-corrected chi connectivity index (χ3v) is 2.81. The summed E-state index contributed by atoms with van der Waals surface area (Å²) in [6, 6.07) is -0.612. The molecule has 2 heterocycles. The molecule has 0 spiro atoms. The summed E-state index contributed by atoms with van der Waals surface area (Å²) in [5, 5.41) is 2.05. The molecule has 7 nitrogen and oxygen atoms in total. The molecule has 1 aromatic heterocycles. The summed E-state index contributed by atoms with van der Waals surface area (Å²) in [7, 11) is 0. The summed E-state index contributed by atoms with van der Waals surface area (Å²) in [5.41, 5.74) is -0.512. The van der Waals surface area contributed by atoms with Crippen molar-refractivity contribution in [3.8, 4) is 0 Å². The summed E-state index contributed by atoms with van der Waals surface area (Å²) in [5.74, 6) is -0.767. The van der Waals surface area contributed by atoms with E-state index in [1.807, 2.05) is 0 Å². The molecule has 1 unspecified atom stereocenters. The zero-order chi connectivity index (χ0) is 12.6. The summed E-state index contributed by atoms with van der Waals surface area (Å²) in [4.78, 5) is 41.6. The molecule has 1 aliphatic heterocycles. The molecule has 90 valence electrons. The SMILES string of the molecule is CC1C(=O)NC(=O)CN1c1nc[nH]c(=O)c1Cl. The molecular formula is C9H9ClN4O3. The molecule has 8 heteroatoms. The van der Waals surface area contributed by atoms with Gasteiger partial charge in [0.1, 0.15) is 11.1 Å². The second kappa shape index (κ2) is 4.17. The van der Waals surface area contributed by atoms with E-state index in [0.717, 1.165) is 0 Å². The Hall–Kier alpha value is -1.89. The minimum absolute atomic E-state index is 0.0664. The summed E-state index contributed by atoms with van der Waals surface area (Å²) in [6.45, 7) is 1.53. The molecule has 0 aromatic carbocycles. The van der Waals surface area contributed by atoms with Gasteiger partial charge in [0, 0.05) is 0 Å². The average molecular weight is 257 g/mol. The lowest BCUT2D eigenvalue weighted by atomic mass is 10.2. The number of aromatic amines is 1. The maximum atomic E-state index is 11.5. The average Bonchev–Trinajstić information content (AvgIpc) is 2.27. The highest BCUT2D eigenvalue weighted by molar-refractivity contribution is 6.32. The maximum absolute atomic E-state index is 11.5. The molecular weight excluding hydrogens is 248 g/mol. The van der Waals surface area contributed by atoms with Gasteiger partial charge in [0.2, 0.25) is 11.8 Å². The first-order valence-electron chi connectivity index (χ1n) is 4.84. The Kier molecular flexibility index (Phi) is 2.84. The highest BCUT2D eigenvalue weighted by Gasteiger charge is 2.32. The standard InChI is InChI=1S/C9H9ClN4O3/c1-4-8(16)13-5(15)2-14(4)7-6(10)9(17)12-3-11-7/h3-4H,2H2,1H3,(H,11,12,17)(H,13,15,16). The van der Waals surface area contributed by atoms with Crippen LogP contribution in [0.5, 0.6) is 0 Å².